The first-order chi connectivity index (χ1) is 29.3. The normalized spacial score (nSPS) is 12.3. The van der Waals surface area contributed by atoms with E-state index in [1.807, 2.05) is 0 Å². The fraction of sp³-hybridized carbons (Fsp3) is 0.308. The molecule has 0 fully saturated rings. The standard InChI is InChI=1S/C52H54Br3O4P/c1-5-19-56-49-35-23-37-29-44(54)31-39(50(37)57-20-6-2)25-41-33-48(60(46-15-11-9-12-16-46)47-17-13-10-14-18-47)34-42(52(41)59-22-8-4)26-40-32-45(55)30-38(51(40)58-21-7-3)24-36(49)28-43(53)27-35/h9-18,27-34H,5-8,19-26H2,1-4H3. The third kappa shape index (κ3) is 10.7. The number of fused-ring (bicyclic) bond motifs is 8. The van der Waals surface area contributed by atoms with Gasteiger partial charge in [-0.1, -0.05) is 136 Å². The van der Waals surface area contributed by atoms with Gasteiger partial charge < -0.3 is 18.9 Å². The second-order valence-corrected chi connectivity index (χ2v) is 20.3. The van der Waals surface area contributed by atoms with E-state index in [1.54, 1.807) is 0 Å². The van der Waals surface area contributed by atoms with Gasteiger partial charge in [0.25, 0.3) is 0 Å². The molecule has 60 heavy (non-hydrogen) atoms. The molecule has 312 valence electrons. The predicted octanol–water partition coefficient (Wildman–Crippen LogP) is 13.6. The summed E-state index contributed by atoms with van der Waals surface area (Å²) >= 11 is 11.8. The largest absolute Gasteiger partial charge is 0.493 e. The van der Waals surface area contributed by atoms with Gasteiger partial charge in [-0.3, -0.25) is 0 Å². The zero-order valence-electron chi connectivity index (χ0n) is 35.1. The number of halogens is 3. The predicted molar refractivity (Wildman–Crippen MR) is 262 cm³/mol. The Morgan fingerprint density at radius 2 is 0.617 bits per heavy atom. The molecule has 0 unspecified atom stereocenters. The summed E-state index contributed by atoms with van der Waals surface area (Å²) in [7, 11) is -0.908. The van der Waals surface area contributed by atoms with Crippen LogP contribution in [0.25, 0.3) is 0 Å². The molecule has 0 aromatic heterocycles. The van der Waals surface area contributed by atoms with Gasteiger partial charge in [0, 0.05) is 72.5 Å². The SMILES string of the molecule is CCCOc1c2cc(Br)cc1Cc1cc(Br)cc(c1OCCC)Cc1cc(P(c3ccccc3)c3ccccc3)cc(c1OCCC)Cc1cc(Br)cc(c1OCCC)C2. The van der Waals surface area contributed by atoms with Crippen LogP contribution in [0.2, 0.25) is 0 Å². The minimum atomic E-state index is -0.908. The van der Waals surface area contributed by atoms with Crippen LogP contribution in [-0.2, 0) is 25.7 Å². The van der Waals surface area contributed by atoms with Gasteiger partial charge in [-0.25, -0.2) is 0 Å². The van der Waals surface area contributed by atoms with Crippen molar-refractivity contribution in [1.29, 1.82) is 0 Å². The van der Waals surface area contributed by atoms with Crippen LogP contribution in [0.5, 0.6) is 23.0 Å². The first kappa shape index (κ1) is 44.4. The summed E-state index contributed by atoms with van der Waals surface area (Å²) in [5.74, 6) is 3.74. The van der Waals surface area contributed by atoms with Crippen LogP contribution in [0.3, 0.4) is 0 Å². The Morgan fingerprint density at radius 1 is 0.367 bits per heavy atom. The number of hydrogen-bond acceptors (Lipinski definition) is 4. The highest BCUT2D eigenvalue weighted by Gasteiger charge is 2.26. The Hall–Kier alpha value is -3.61. The number of rotatable bonds is 15. The average Bonchev–Trinajstić information content (AvgIpc) is 3.23. The molecule has 0 saturated carbocycles. The molecule has 1 aliphatic carbocycles. The van der Waals surface area contributed by atoms with E-state index in [2.05, 4.69) is 185 Å². The van der Waals surface area contributed by atoms with Crippen LogP contribution in [0, 0.1) is 0 Å². The molecule has 1 aliphatic rings. The highest BCUT2D eigenvalue weighted by atomic mass is 79.9. The van der Waals surface area contributed by atoms with Crippen LogP contribution in [0.4, 0.5) is 0 Å². The minimum Gasteiger partial charge on any atom is -0.493 e. The Morgan fingerprint density at radius 3 is 0.867 bits per heavy atom. The van der Waals surface area contributed by atoms with Crippen LogP contribution >= 0.6 is 55.7 Å². The maximum Gasteiger partial charge on any atom is 0.126 e. The topological polar surface area (TPSA) is 36.9 Å². The third-order valence-electron chi connectivity index (χ3n) is 10.5. The quantitative estimate of drug-likeness (QED) is 0.0959. The van der Waals surface area contributed by atoms with Gasteiger partial charge in [-0.05, 0) is 109 Å². The minimum absolute atomic E-state index is 0.612. The van der Waals surface area contributed by atoms with Crippen molar-refractivity contribution in [2.75, 3.05) is 26.4 Å². The second-order valence-electron chi connectivity index (χ2n) is 15.4. The molecule has 0 amide bonds. The zero-order chi connectivity index (χ0) is 42.0. The van der Waals surface area contributed by atoms with Crippen molar-refractivity contribution in [2.45, 2.75) is 79.1 Å². The maximum absolute atomic E-state index is 6.94. The van der Waals surface area contributed by atoms with Gasteiger partial charge in [0.05, 0.1) is 26.4 Å². The molecule has 0 heterocycles. The molecule has 0 aliphatic heterocycles. The van der Waals surface area contributed by atoms with E-state index in [0.717, 1.165) is 107 Å². The van der Waals surface area contributed by atoms with Crippen molar-refractivity contribution >= 4 is 71.6 Å². The molecule has 8 heteroatoms. The molecule has 4 nitrogen and oxygen atoms in total. The molecule has 6 aromatic carbocycles. The first-order valence-electron chi connectivity index (χ1n) is 21.3. The van der Waals surface area contributed by atoms with Gasteiger partial charge in [-0.15, -0.1) is 0 Å². The summed E-state index contributed by atoms with van der Waals surface area (Å²) in [4.78, 5) is 0. The van der Waals surface area contributed by atoms with Crippen LogP contribution in [0.15, 0.2) is 123 Å². The summed E-state index contributed by atoms with van der Waals surface area (Å²) in [6, 6.07) is 40.1. The molecule has 0 radical (unpaired) electrons. The van der Waals surface area contributed by atoms with Gasteiger partial charge in [0.1, 0.15) is 23.0 Å². The summed E-state index contributed by atoms with van der Waals surface area (Å²) in [6.45, 7) is 11.1. The van der Waals surface area contributed by atoms with Crippen LogP contribution in [0.1, 0.15) is 97.9 Å². The monoisotopic (exact) mass is 1010 g/mol. The van der Waals surface area contributed by atoms with Crippen molar-refractivity contribution in [3.63, 3.8) is 0 Å². The Balaban J connectivity index is 1.56. The number of benzene rings is 6. The van der Waals surface area contributed by atoms with Gasteiger partial charge >= 0.3 is 0 Å². The van der Waals surface area contributed by atoms with E-state index in [0.29, 0.717) is 52.1 Å². The van der Waals surface area contributed by atoms with Crippen LogP contribution < -0.4 is 34.9 Å². The molecular weight excluding hydrogens is 959 g/mol. The summed E-state index contributed by atoms with van der Waals surface area (Å²) in [5.41, 5.74) is 9.00. The molecule has 0 atom stereocenters. The van der Waals surface area contributed by atoms with Gasteiger partial charge in [-0.2, -0.15) is 0 Å². The summed E-state index contributed by atoms with van der Waals surface area (Å²) < 4.78 is 30.3. The molecular formula is C52H54Br3O4P. The number of ether oxygens (including phenoxy) is 4. The van der Waals surface area contributed by atoms with E-state index >= 15 is 0 Å². The Labute approximate surface area is 383 Å². The lowest BCUT2D eigenvalue weighted by molar-refractivity contribution is 0.304. The molecule has 0 spiro atoms. The lowest BCUT2D eigenvalue weighted by Crippen LogP contribution is -2.22. The molecule has 6 aromatic rings. The van der Waals surface area contributed by atoms with Crippen molar-refractivity contribution in [3.05, 3.63) is 167 Å². The fourth-order valence-corrected chi connectivity index (χ4v) is 12.1. The Kier molecular flexibility index (Phi) is 15.9. The van der Waals surface area contributed by atoms with Gasteiger partial charge in [0.15, 0.2) is 0 Å². The lowest BCUT2D eigenvalue weighted by atomic mass is 9.91. The average molecular weight is 1010 g/mol. The summed E-state index contributed by atoms with van der Waals surface area (Å²) in [6.07, 6.45) is 6.14. The van der Waals surface area contributed by atoms with E-state index in [1.165, 1.54) is 15.9 Å². The van der Waals surface area contributed by atoms with Gasteiger partial charge in [0.2, 0.25) is 0 Å². The maximum atomic E-state index is 6.94. The summed E-state index contributed by atoms with van der Waals surface area (Å²) in [5, 5.41) is 3.90. The van der Waals surface area contributed by atoms with Crippen LogP contribution in [-0.4, -0.2) is 26.4 Å². The highest BCUT2D eigenvalue weighted by Crippen LogP contribution is 2.43. The first-order valence-corrected chi connectivity index (χ1v) is 25.0. The number of hydrogen-bond donors (Lipinski definition) is 0. The zero-order valence-corrected chi connectivity index (χ0v) is 40.7. The van der Waals surface area contributed by atoms with Crippen molar-refractivity contribution in [2.24, 2.45) is 0 Å². The van der Waals surface area contributed by atoms with Crippen molar-refractivity contribution in [1.82, 2.24) is 0 Å². The van der Waals surface area contributed by atoms with E-state index in [9.17, 15) is 0 Å². The molecule has 0 saturated heterocycles. The lowest BCUT2D eigenvalue weighted by Gasteiger charge is -2.26. The second kappa shape index (κ2) is 21.5. The smallest absolute Gasteiger partial charge is 0.126 e. The van der Waals surface area contributed by atoms with E-state index in [4.69, 9.17) is 18.9 Å². The van der Waals surface area contributed by atoms with Crippen molar-refractivity contribution < 1.29 is 18.9 Å². The molecule has 7 rings (SSSR count). The highest BCUT2D eigenvalue weighted by molar-refractivity contribution is 9.11. The Bertz CT molecular complexity index is 2230. The molecule has 8 bridgehead atoms. The third-order valence-corrected chi connectivity index (χ3v) is 14.2. The van der Waals surface area contributed by atoms with Crippen molar-refractivity contribution in [3.8, 4) is 23.0 Å². The molecule has 0 N–H and O–H groups in total. The fourth-order valence-electron chi connectivity index (χ4n) is 8.03. The van der Waals surface area contributed by atoms with E-state index in [-0.39, 0.29) is 0 Å². The van der Waals surface area contributed by atoms with E-state index < -0.39 is 7.92 Å².